The van der Waals surface area contributed by atoms with Gasteiger partial charge in [0.15, 0.2) is 0 Å². The Hall–Kier alpha value is -1.16. The van der Waals surface area contributed by atoms with Crippen molar-refractivity contribution in [3.05, 3.63) is 35.9 Å². The molecule has 1 aromatic carbocycles. The molecular formula is C16H23NO2S. The molecule has 0 aliphatic carbocycles. The minimum absolute atomic E-state index is 0.176. The van der Waals surface area contributed by atoms with E-state index in [0.29, 0.717) is 12.5 Å². The van der Waals surface area contributed by atoms with Gasteiger partial charge in [0.05, 0.1) is 0 Å². The number of piperidine rings is 1. The predicted octanol–water partition coefficient (Wildman–Crippen LogP) is 3.75. The SMILES string of the molecule is O=C(OCc1ccccc1)N1CCC[C@H](CCCS)C1. The number of benzene rings is 1. The van der Waals surface area contributed by atoms with Crippen LogP contribution in [0.1, 0.15) is 31.2 Å². The molecule has 20 heavy (non-hydrogen) atoms. The van der Waals surface area contributed by atoms with Gasteiger partial charge < -0.3 is 9.64 Å². The van der Waals surface area contributed by atoms with Gasteiger partial charge in [-0.2, -0.15) is 12.6 Å². The van der Waals surface area contributed by atoms with Gasteiger partial charge in [0.1, 0.15) is 6.61 Å². The third kappa shape index (κ3) is 4.75. The molecular weight excluding hydrogens is 270 g/mol. The highest BCUT2D eigenvalue weighted by Crippen LogP contribution is 2.21. The fourth-order valence-corrected chi connectivity index (χ4v) is 2.84. The van der Waals surface area contributed by atoms with Gasteiger partial charge in [0.25, 0.3) is 0 Å². The summed E-state index contributed by atoms with van der Waals surface area (Å²) in [7, 11) is 0. The zero-order valence-corrected chi connectivity index (χ0v) is 12.7. The van der Waals surface area contributed by atoms with Crippen molar-refractivity contribution >= 4 is 18.7 Å². The molecule has 1 fully saturated rings. The van der Waals surface area contributed by atoms with E-state index in [1.54, 1.807) is 0 Å². The zero-order chi connectivity index (χ0) is 14.2. The van der Waals surface area contributed by atoms with E-state index in [4.69, 9.17) is 4.74 Å². The summed E-state index contributed by atoms with van der Waals surface area (Å²) in [6, 6.07) is 9.81. The van der Waals surface area contributed by atoms with Crippen LogP contribution in [0.25, 0.3) is 0 Å². The molecule has 1 heterocycles. The Morgan fingerprint density at radius 2 is 2.15 bits per heavy atom. The van der Waals surface area contributed by atoms with Crippen molar-refractivity contribution in [2.45, 2.75) is 32.3 Å². The number of ether oxygens (including phenoxy) is 1. The van der Waals surface area contributed by atoms with Crippen LogP contribution in [0.4, 0.5) is 4.79 Å². The van der Waals surface area contributed by atoms with Crippen molar-refractivity contribution in [1.82, 2.24) is 4.90 Å². The van der Waals surface area contributed by atoms with E-state index < -0.39 is 0 Å². The summed E-state index contributed by atoms with van der Waals surface area (Å²) in [4.78, 5) is 13.9. The number of hydrogen-bond donors (Lipinski definition) is 1. The number of likely N-dealkylation sites (tertiary alicyclic amines) is 1. The number of hydrogen-bond acceptors (Lipinski definition) is 3. The summed E-state index contributed by atoms with van der Waals surface area (Å²) >= 11 is 4.25. The molecule has 0 bridgehead atoms. The highest BCUT2D eigenvalue weighted by Gasteiger charge is 2.24. The van der Waals surface area contributed by atoms with E-state index in [1.165, 1.54) is 6.42 Å². The maximum atomic E-state index is 12.1. The minimum atomic E-state index is -0.176. The van der Waals surface area contributed by atoms with Crippen molar-refractivity contribution in [2.24, 2.45) is 5.92 Å². The molecule has 4 heteroatoms. The first-order valence-electron chi connectivity index (χ1n) is 7.36. The fourth-order valence-electron chi connectivity index (χ4n) is 2.66. The van der Waals surface area contributed by atoms with E-state index in [-0.39, 0.29) is 6.09 Å². The lowest BCUT2D eigenvalue weighted by molar-refractivity contribution is 0.0779. The van der Waals surface area contributed by atoms with Crippen LogP contribution in [0.3, 0.4) is 0 Å². The number of amides is 1. The summed E-state index contributed by atoms with van der Waals surface area (Å²) < 4.78 is 5.39. The molecule has 1 saturated heterocycles. The Bertz CT molecular complexity index is 410. The smallest absolute Gasteiger partial charge is 0.410 e. The van der Waals surface area contributed by atoms with Crippen molar-refractivity contribution in [3.63, 3.8) is 0 Å². The summed E-state index contributed by atoms with van der Waals surface area (Å²) in [6.07, 6.45) is 4.41. The van der Waals surface area contributed by atoms with Crippen LogP contribution in [0.15, 0.2) is 30.3 Å². The molecule has 1 amide bonds. The Morgan fingerprint density at radius 3 is 2.90 bits per heavy atom. The predicted molar refractivity (Wildman–Crippen MR) is 84.0 cm³/mol. The van der Waals surface area contributed by atoms with Crippen molar-refractivity contribution in [1.29, 1.82) is 0 Å². The quantitative estimate of drug-likeness (QED) is 0.838. The first kappa shape index (κ1) is 15.2. The third-order valence-corrected chi connectivity index (χ3v) is 4.07. The van der Waals surface area contributed by atoms with Gasteiger partial charge in [-0.25, -0.2) is 4.79 Å². The van der Waals surface area contributed by atoms with E-state index >= 15 is 0 Å². The van der Waals surface area contributed by atoms with Crippen LogP contribution in [0.5, 0.6) is 0 Å². The second-order valence-corrected chi connectivity index (χ2v) is 5.81. The maximum Gasteiger partial charge on any atom is 0.410 e. The summed E-state index contributed by atoms with van der Waals surface area (Å²) in [5.41, 5.74) is 1.03. The number of nitrogens with zero attached hydrogens (tertiary/aromatic N) is 1. The molecule has 0 saturated carbocycles. The fraction of sp³-hybridized carbons (Fsp3) is 0.562. The second-order valence-electron chi connectivity index (χ2n) is 5.36. The normalized spacial score (nSPS) is 18.9. The van der Waals surface area contributed by atoms with E-state index in [2.05, 4.69) is 12.6 Å². The largest absolute Gasteiger partial charge is 0.445 e. The highest BCUT2D eigenvalue weighted by molar-refractivity contribution is 7.80. The minimum Gasteiger partial charge on any atom is -0.445 e. The topological polar surface area (TPSA) is 29.5 Å². The summed E-state index contributed by atoms with van der Waals surface area (Å²) in [6.45, 7) is 2.02. The van der Waals surface area contributed by atoms with Crippen LogP contribution in [0, 0.1) is 5.92 Å². The molecule has 0 aromatic heterocycles. The highest BCUT2D eigenvalue weighted by atomic mass is 32.1. The molecule has 0 radical (unpaired) electrons. The van der Waals surface area contributed by atoms with Crippen LogP contribution < -0.4 is 0 Å². The number of carbonyl (C=O) groups is 1. The zero-order valence-electron chi connectivity index (χ0n) is 11.8. The Balaban J connectivity index is 1.77. The van der Waals surface area contributed by atoms with Crippen LogP contribution in [0.2, 0.25) is 0 Å². The molecule has 1 aliphatic rings. The van der Waals surface area contributed by atoms with E-state index in [1.807, 2.05) is 35.2 Å². The maximum absolute atomic E-state index is 12.1. The summed E-state index contributed by atoms with van der Waals surface area (Å²) in [5, 5.41) is 0. The van der Waals surface area contributed by atoms with E-state index in [9.17, 15) is 4.79 Å². The Morgan fingerprint density at radius 1 is 1.35 bits per heavy atom. The monoisotopic (exact) mass is 293 g/mol. The Kier molecular flexibility index (Phi) is 6.25. The molecule has 1 atom stereocenters. The van der Waals surface area contributed by atoms with Gasteiger partial charge in [-0.05, 0) is 42.9 Å². The Labute approximate surface area is 126 Å². The van der Waals surface area contributed by atoms with Gasteiger partial charge in [0, 0.05) is 13.1 Å². The third-order valence-electron chi connectivity index (χ3n) is 3.75. The number of rotatable bonds is 5. The van der Waals surface area contributed by atoms with Gasteiger partial charge in [-0.3, -0.25) is 0 Å². The molecule has 2 rings (SSSR count). The standard InChI is InChI=1S/C16H23NO2S/c18-16(19-13-15-6-2-1-3-7-15)17-10-4-8-14(12-17)9-5-11-20/h1-3,6-7,14,20H,4-5,8-13H2/t14-/m1/s1. The lowest BCUT2D eigenvalue weighted by Gasteiger charge is -2.32. The first-order chi connectivity index (χ1) is 9.79. The molecule has 0 unspecified atom stereocenters. The van der Waals surface area contributed by atoms with Crippen molar-refractivity contribution < 1.29 is 9.53 Å². The summed E-state index contributed by atoms with van der Waals surface area (Å²) in [5.74, 6) is 1.54. The van der Waals surface area contributed by atoms with E-state index in [0.717, 1.165) is 43.7 Å². The molecule has 1 aliphatic heterocycles. The van der Waals surface area contributed by atoms with Gasteiger partial charge in [-0.15, -0.1) is 0 Å². The first-order valence-corrected chi connectivity index (χ1v) is 7.99. The second kappa shape index (κ2) is 8.20. The average Bonchev–Trinajstić information content (AvgIpc) is 2.52. The molecule has 0 N–H and O–H groups in total. The molecule has 3 nitrogen and oxygen atoms in total. The lowest BCUT2D eigenvalue weighted by Crippen LogP contribution is -2.40. The molecule has 1 aromatic rings. The van der Waals surface area contributed by atoms with Gasteiger partial charge in [-0.1, -0.05) is 30.3 Å². The number of thiol groups is 1. The van der Waals surface area contributed by atoms with Crippen LogP contribution in [-0.4, -0.2) is 29.8 Å². The lowest BCUT2D eigenvalue weighted by atomic mass is 9.94. The number of carbonyl (C=O) groups excluding carboxylic acids is 1. The van der Waals surface area contributed by atoms with Crippen molar-refractivity contribution in [3.8, 4) is 0 Å². The van der Waals surface area contributed by atoms with Crippen molar-refractivity contribution in [2.75, 3.05) is 18.8 Å². The molecule has 110 valence electrons. The average molecular weight is 293 g/mol. The molecule has 0 spiro atoms. The van der Waals surface area contributed by atoms with Gasteiger partial charge in [0.2, 0.25) is 0 Å². The van der Waals surface area contributed by atoms with Gasteiger partial charge >= 0.3 is 6.09 Å². The van der Waals surface area contributed by atoms with Crippen LogP contribution >= 0.6 is 12.6 Å². The van der Waals surface area contributed by atoms with Crippen LogP contribution in [-0.2, 0) is 11.3 Å².